The summed E-state index contributed by atoms with van der Waals surface area (Å²) in [6.45, 7) is -0.00358. The van der Waals surface area contributed by atoms with E-state index in [1.807, 2.05) is 0 Å². The summed E-state index contributed by atoms with van der Waals surface area (Å²) < 4.78 is 0. The highest BCUT2D eigenvalue weighted by Gasteiger charge is 2.38. The fourth-order valence-electron chi connectivity index (χ4n) is 2.21. The van der Waals surface area contributed by atoms with E-state index < -0.39 is 24.0 Å². The van der Waals surface area contributed by atoms with Gasteiger partial charge >= 0.3 is 5.97 Å². The number of carboxylic acid groups (broad SMARTS) is 1. The molecule has 2 atom stereocenters. The largest absolute Gasteiger partial charge is 0.480 e. The Bertz CT molecular complexity index is 582. The van der Waals surface area contributed by atoms with Gasteiger partial charge in [-0.05, 0) is 18.2 Å². The van der Waals surface area contributed by atoms with Crippen molar-refractivity contribution in [1.82, 2.24) is 4.90 Å². The molecule has 0 radical (unpaired) electrons. The van der Waals surface area contributed by atoms with Crippen molar-refractivity contribution in [2.24, 2.45) is 0 Å². The van der Waals surface area contributed by atoms with Crippen molar-refractivity contribution in [1.29, 1.82) is 0 Å². The molecule has 0 aliphatic carbocycles. The summed E-state index contributed by atoms with van der Waals surface area (Å²) in [6, 6.07) is 3.94. The Balaban J connectivity index is 2.17. The summed E-state index contributed by atoms with van der Waals surface area (Å²) in [5.74, 6) is -1.64. The van der Waals surface area contributed by atoms with Crippen LogP contribution in [0.2, 0.25) is 10.0 Å². The number of halogens is 2. The Kier molecular flexibility index (Phi) is 4.88. The Morgan fingerprint density at radius 1 is 1.29 bits per heavy atom. The number of rotatable bonds is 3. The first-order chi connectivity index (χ1) is 9.90. The van der Waals surface area contributed by atoms with Crippen LogP contribution in [-0.4, -0.2) is 45.7 Å². The first-order valence-electron chi connectivity index (χ1n) is 6.23. The Hall–Kier alpha value is -1.56. The first-order valence-corrected chi connectivity index (χ1v) is 6.99. The smallest absolute Gasteiger partial charge is 0.326 e. The molecule has 21 heavy (non-hydrogen) atoms. The quantitative estimate of drug-likeness (QED) is 0.832. The van der Waals surface area contributed by atoms with Gasteiger partial charge < -0.3 is 15.1 Å². The molecule has 0 saturated carbocycles. The van der Waals surface area contributed by atoms with Crippen LogP contribution in [0.3, 0.4) is 0 Å². The maximum atomic E-state index is 12.1. The molecule has 5 nitrogen and oxygen atoms in total. The normalized spacial score (nSPS) is 22.0. The molecule has 2 rings (SSSR count). The number of aliphatic hydroxyl groups is 1. The lowest BCUT2D eigenvalue weighted by Gasteiger charge is -2.19. The number of carboxylic acids is 1. The maximum Gasteiger partial charge on any atom is 0.326 e. The molecular weight excluding hydrogens is 317 g/mol. The molecular formula is C14H13Cl2NO4. The van der Waals surface area contributed by atoms with E-state index in [1.165, 1.54) is 12.2 Å². The second kappa shape index (κ2) is 6.47. The molecule has 1 fully saturated rings. The highest BCUT2D eigenvalue weighted by Crippen LogP contribution is 2.26. The molecule has 1 aliphatic rings. The van der Waals surface area contributed by atoms with E-state index in [9.17, 15) is 14.7 Å². The topological polar surface area (TPSA) is 77.8 Å². The van der Waals surface area contributed by atoms with Gasteiger partial charge in [-0.15, -0.1) is 0 Å². The van der Waals surface area contributed by atoms with Gasteiger partial charge in [0.25, 0.3) is 0 Å². The Morgan fingerprint density at radius 3 is 2.48 bits per heavy atom. The second-order valence-corrected chi connectivity index (χ2v) is 5.52. The van der Waals surface area contributed by atoms with Gasteiger partial charge in [0.15, 0.2) is 0 Å². The molecule has 1 aromatic rings. The number of aliphatic carboxylic acids is 1. The van der Waals surface area contributed by atoms with Crippen molar-refractivity contribution in [3.05, 3.63) is 39.9 Å². The highest BCUT2D eigenvalue weighted by atomic mass is 35.5. The fourth-order valence-corrected chi connectivity index (χ4v) is 2.74. The number of carbonyl (C=O) groups excluding carboxylic acids is 1. The third kappa shape index (κ3) is 3.56. The van der Waals surface area contributed by atoms with Crippen LogP contribution in [-0.2, 0) is 9.59 Å². The van der Waals surface area contributed by atoms with Crippen molar-refractivity contribution in [3.63, 3.8) is 0 Å². The zero-order valence-electron chi connectivity index (χ0n) is 10.9. The fraction of sp³-hybridized carbons (Fsp3) is 0.286. The minimum Gasteiger partial charge on any atom is -0.480 e. The van der Waals surface area contributed by atoms with Crippen LogP contribution < -0.4 is 0 Å². The SMILES string of the molecule is O=C(O)[C@H]1C[C@@H](O)CN1C(=O)C=Cc1c(Cl)cccc1Cl. The number of nitrogens with zero attached hydrogens (tertiary/aromatic N) is 1. The molecule has 0 spiro atoms. The van der Waals surface area contributed by atoms with Crippen LogP contribution >= 0.6 is 23.2 Å². The van der Waals surface area contributed by atoms with E-state index in [0.717, 1.165) is 4.90 Å². The Labute approximate surface area is 131 Å². The van der Waals surface area contributed by atoms with Gasteiger partial charge in [0.05, 0.1) is 6.10 Å². The van der Waals surface area contributed by atoms with E-state index in [0.29, 0.717) is 15.6 Å². The molecule has 2 N–H and O–H groups in total. The van der Waals surface area contributed by atoms with Crippen molar-refractivity contribution >= 4 is 41.2 Å². The molecule has 1 amide bonds. The van der Waals surface area contributed by atoms with E-state index in [2.05, 4.69) is 0 Å². The predicted molar refractivity (Wildman–Crippen MR) is 79.3 cm³/mol. The lowest BCUT2D eigenvalue weighted by atomic mass is 10.2. The summed E-state index contributed by atoms with van der Waals surface area (Å²) in [6.07, 6.45) is 1.85. The number of likely N-dealkylation sites (tertiary alicyclic amines) is 1. The van der Waals surface area contributed by atoms with Crippen molar-refractivity contribution < 1.29 is 19.8 Å². The summed E-state index contributed by atoms with van der Waals surface area (Å²) in [4.78, 5) is 24.3. The van der Waals surface area contributed by atoms with Crippen LogP contribution in [0.25, 0.3) is 6.08 Å². The van der Waals surface area contributed by atoms with E-state index in [4.69, 9.17) is 28.3 Å². The lowest BCUT2D eigenvalue weighted by Crippen LogP contribution is -2.39. The average molecular weight is 330 g/mol. The second-order valence-electron chi connectivity index (χ2n) is 4.70. The van der Waals surface area contributed by atoms with Crippen molar-refractivity contribution in [3.8, 4) is 0 Å². The molecule has 7 heteroatoms. The number of hydrogen-bond donors (Lipinski definition) is 2. The number of aliphatic hydroxyl groups excluding tert-OH is 1. The molecule has 0 aromatic heterocycles. The number of hydrogen-bond acceptors (Lipinski definition) is 3. The van der Waals surface area contributed by atoms with Crippen LogP contribution in [0.1, 0.15) is 12.0 Å². The standard InChI is InChI=1S/C14H13Cl2NO4/c15-10-2-1-3-11(16)9(10)4-5-13(19)17-7-8(18)6-12(17)14(20)21/h1-5,8,12,18H,6-7H2,(H,20,21)/t8-,12-/m1/s1. The molecule has 1 heterocycles. The maximum absolute atomic E-state index is 12.1. The van der Waals surface area contributed by atoms with Crippen LogP contribution in [0.5, 0.6) is 0 Å². The van der Waals surface area contributed by atoms with Gasteiger partial charge in [0.1, 0.15) is 6.04 Å². The van der Waals surface area contributed by atoms with Crippen LogP contribution in [0, 0.1) is 0 Å². The zero-order chi connectivity index (χ0) is 15.6. The third-order valence-electron chi connectivity index (χ3n) is 3.24. The summed E-state index contributed by atoms with van der Waals surface area (Å²) in [7, 11) is 0. The van der Waals surface area contributed by atoms with Gasteiger partial charge in [0, 0.05) is 34.7 Å². The number of β-amino-alcohol motifs (C(OH)–C–C–N with tert-alkyl or cyclic N) is 1. The molecule has 1 aromatic carbocycles. The van der Waals surface area contributed by atoms with Crippen molar-refractivity contribution in [2.75, 3.05) is 6.54 Å². The van der Waals surface area contributed by atoms with E-state index in [1.54, 1.807) is 18.2 Å². The van der Waals surface area contributed by atoms with Gasteiger partial charge in [0.2, 0.25) is 5.91 Å². The molecule has 0 bridgehead atoms. The molecule has 0 unspecified atom stereocenters. The zero-order valence-corrected chi connectivity index (χ0v) is 12.4. The van der Waals surface area contributed by atoms with Gasteiger partial charge in [-0.3, -0.25) is 4.79 Å². The van der Waals surface area contributed by atoms with Crippen LogP contribution in [0.4, 0.5) is 0 Å². The number of benzene rings is 1. The average Bonchev–Trinajstić information content (AvgIpc) is 2.80. The first kappa shape index (κ1) is 15.8. The van der Waals surface area contributed by atoms with Crippen LogP contribution in [0.15, 0.2) is 24.3 Å². The monoisotopic (exact) mass is 329 g/mol. The summed E-state index contributed by atoms with van der Waals surface area (Å²) >= 11 is 12.0. The lowest BCUT2D eigenvalue weighted by molar-refractivity contribution is -0.146. The molecule has 112 valence electrons. The number of carbonyl (C=O) groups is 2. The number of amides is 1. The van der Waals surface area contributed by atoms with E-state index >= 15 is 0 Å². The minimum absolute atomic E-state index is 0.00358. The van der Waals surface area contributed by atoms with E-state index in [-0.39, 0.29) is 13.0 Å². The molecule has 1 saturated heterocycles. The van der Waals surface area contributed by atoms with Gasteiger partial charge in [-0.25, -0.2) is 4.79 Å². The summed E-state index contributed by atoms with van der Waals surface area (Å²) in [5.41, 5.74) is 0.487. The minimum atomic E-state index is -1.14. The Morgan fingerprint density at radius 2 is 1.90 bits per heavy atom. The van der Waals surface area contributed by atoms with Crippen molar-refractivity contribution in [2.45, 2.75) is 18.6 Å². The molecule has 1 aliphatic heterocycles. The third-order valence-corrected chi connectivity index (χ3v) is 3.90. The summed E-state index contributed by atoms with van der Waals surface area (Å²) in [5, 5.41) is 19.4. The predicted octanol–water partition coefficient (Wildman–Crippen LogP) is 2.05. The van der Waals surface area contributed by atoms with Gasteiger partial charge in [-0.1, -0.05) is 29.3 Å². The van der Waals surface area contributed by atoms with Gasteiger partial charge in [-0.2, -0.15) is 0 Å². The highest BCUT2D eigenvalue weighted by molar-refractivity contribution is 6.37.